The van der Waals surface area contributed by atoms with Crippen LogP contribution in [0.25, 0.3) is 11.3 Å². The average Bonchev–Trinajstić information content (AvgIpc) is 3.13. The number of alkyl halides is 2. The molecular formula is C26H27F2N7O. The molecule has 1 aromatic carbocycles. The number of hydrogen-bond donors (Lipinski definition) is 2. The van der Waals surface area contributed by atoms with Crippen LogP contribution in [0.1, 0.15) is 30.5 Å². The highest BCUT2D eigenvalue weighted by Crippen LogP contribution is 2.41. The Bertz CT molecular complexity index is 1430. The van der Waals surface area contributed by atoms with E-state index in [2.05, 4.69) is 40.5 Å². The molecule has 2 N–H and O–H groups in total. The number of nitrogens with zero attached hydrogens (tertiary/aromatic N) is 5. The highest BCUT2D eigenvalue weighted by atomic mass is 19.3. The van der Waals surface area contributed by atoms with E-state index in [0.29, 0.717) is 30.0 Å². The molecule has 186 valence electrons. The van der Waals surface area contributed by atoms with Crippen LogP contribution in [0, 0.1) is 18.3 Å². The maximum absolute atomic E-state index is 13.1. The molecule has 0 radical (unpaired) electrons. The van der Waals surface area contributed by atoms with Gasteiger partial charge in [0.15, 0.2) is 0 Å². The van der Waals surface area contributed by atoms with Gasteiger partial charge in [-0.3, -0.25) is 9.69 Å². The van der Waals surface area contributed by atoms with Gasteiger partial charge >= 0.3 is 0 Å². The van der Waals surface area contributed by atoms with Gasteiger partial charge in [-0.25, -0.2) is 18.7 Å². The van der Waals surface area contributed by atoms with Gasteiger partial charge < -0.3 is 15.2 Å². The molecule has 0 bridgehead atoms. The van der Waals surface area contributed by atoms with Crippen LogP contribution in [0.2, 0.25) is 0 Å². The van der Waals surface area contributed by atoms with E-state index in [1.165, 1.54) is 4.57 Å². The van der Waals surface area contributed by atoms with Crippen LogP contribution in [0.15, 0.2) is 41.5 Å². The first-order chi connectivity index (χ1) is 17.0. The van der Waals surface area contributed by atoms with E-state index in [1.807, 2.05) is 13.0 Å². The Labute approximate surface area is 207 Å². The van der Waals surface area contributed by atoms with Crippen molar-refractivity contribution in [3.05, 3.63) is 63.7 Å². The van der Waals surface area contributed by atoms with Gasteiger partial charge in [-0.1, -0.05) is 13.8 Å². The Morgan fingerprint density at radius 2 is 2.00 bits per heavy atom. The number of benzene rings is 1. The molecule has 36 heavy (non-hydrogen) atoms. The highest BCUT2D eigenvalue weighted by Gasteiger charge is 2.43. The van der Waals surface area contributed by atoms with E-state index in [0.717, 1.165) is 28.9 Å². The second-order valence-corrected chi connectivity index (χ2v) is 10.2. The number of halogens is 2. The molecule has 0 spiro atoms. The molecule has 2 aliphatic heterocycles. The molecule has 2 aromatic heterocycles. The largest absolute Gasteiger partial charge is 0.383 e. The van der Waals surface area contributed by atoms with Crippen LogP contribution in [0.5, 0.6) is 0 Å². The molecule has 1 fully saturated rings. The topological polar surface area (TPSA) is 98.9 Å². The first kappa shape index (κ1) is 23.9. The molecule has 8 nitrogen and oxygen atoms in total. The number of hydrogen-bond acceptors (Lipinski definition) is 7. The lowest BCUT2D eigenvalue weighted by molar-refractivity contribution is -0.131. The molecule has 3 aromatic rings. The van der Waals surface area contributed by atoms with Gasteiger partial charge in [0.2, 0.25) is 5.95 Å². The maximum atomic E-state index is 13.1. The van der Waals surface area contributed by atoms with Gasteiger partial charge in [0, 0.05) is 43.0 Å². The van der Waals surface area contributed by atoms with Crippen molar-refractivity contribution in [1.29, 1.82) is 5.26 Å². The quantitative estimate of drug-likeness (QED) is 0.540. The van der Waals surface area contributed by atoms with Crippen LogP contribution in [-0.4, -0.2) is 51.5 Å². The lowest BCUT2D eigenvalue weighted by Crippen LogP contribution is -2.56. The summed E-state index contributed by atoms with van der Waals surface area (Å²) in [6.45, 7) is 6.99. The number of rotatable bonds is 6. The fourth-order valence-corrected chi connectivity index (χ4v) is 4.76. The van der Waals surface area contributed by atoms with Crippen LogP contribution in [-0.2, 0) is 12.0 Å². The molecule has 0 saturated carbocycles. The Morgan fingerprint density at radius 3 is 2.72 bits per heavy atom. The molecule has 1 saturated heterocycles. The highest BCUT2D eigenvalue weighted by molar-refractivity contribution is 5.76. The minimum absolute atomic E-state index is 0.121. The van der Waals surface area contributed by atoms with E-state index in [9.17, 15) is 18.8 Å². The molecule has 4 heterocycles. The summed E-state index contributed by atoms with van der Waals surface area (Å²) in [5, 5.41) is 16.0. The minimum Gasteiger partial charge on any atom is -0.383 e. The fraction of sp³-hybridized carbons (Fsp3) is 0.385. The zero-order valence-electron chi connectivity index (χ0n) is 20.4. The smallest absolute Gasteiger partial charge is 0.274 e. The summed E-state index contributed by atoms with van der Waals surface area (Å²) in [4.78, 5) is 23.6. The summed E-state index contributed by atoms with van der Waals surface area (Å²) in [6, 6.07) is 9.60. The first-order valence-corrected chi connectivity index (χ1v) is 11.8. The first-order valence-electron chi connectivity index (χ1n) is 11.8. The molecule has 0 aliphatic carbocycles. The van der Waals surface area contributed by atoms with E-state index in [4.69, 9.17) is 0 Å². The van der Waals surface area contributed by atoms with Crippen molar-refractivity contribution in [3.63, 3.8) is 0 Å². The van der Waals surface area contributed by atoms with Crippen molar-refractivity contribution in [1.82, 2.24) is 19.4 Å². The van der Waals surface area contributed by atoms with Crippen molar-refractivity contribution >= 4 is 17.3 Å². The zero-order chi connectivity index (χ0) is 25.7. The predicted molar refractivity (Wildman–Crippen MR) is 134 cm³/mol. The van der Waals surface area contributed by atoms with Crippen molar-refractivity contribution in [2.24, 2.45) is 0 Å². The fourth-order valence-electron chi connectivity index (χ4n) is 4.76. The lowest BCUT2D eigenvalue weighted by Gasteiger charge is -2.38. The van der Waals surface area contributed by atoms with Gasteiger partial charge in [0.1, 0.15) is 11.8 Å². The molecule has 2 aliphatic rings. The van der Waals surface area contributed by atoms with Gasteiger partial charge in [-0.05, 0) is 42.3 Å². The summed E-state index contributed by atoms with van der Waals surface area (Å²) >= 11 is 0. The van der Waals surface area contributed by atoms with Crippen LogP contribution >= 0.6 is 0 Å². The van der Waals surface area contributed by atoms with Crippen molar-refractivity contribution in [3.8, 4) is 17.3 Å². The van der Waals surface area contributed by atoms with Crippen molar-refractivity contribution < 1.29 is 8.78 Å². The maximum Gasteiger partial charge on any atom is 0.274 e. The van der Waals surface area contributed by atoms with Crippen molar-refractivity contribution in [2.75, 3.05) is 36.8 Å². The summed E-state index contributed by atoms with van der Waals surface area (Å²) in [6.07, 6.45) is 3.32. The number of pyridine rings is 1. The Kier molecular flexibility index (Phi) is 5.75. The van der Waals surface area contributed by atoms with Gasteiger partial charge in [0.05, 0.1) is 30.0 Å². The minimum atomic E-state index is -2.63. The van der Waals surface area contributed by atoms with Gasteiger partial charge in [0.25, 0.3) is 11.5 Å². The van der Waals surface area contributed by atoms with Gasteiger partial charge in [-0.15, -0.1) is 0 Å². The third kappa shape index (κ3) is 4.54. The van der Waals surface area contributed by atoms with Crippen molar-refractivity contribution in [2.45, 2.75) is 38.7 Å². The van der Waals surface area contributed by atoms with E-state index < -0.39 is 5.92 Å². The Hall–Kier alpha value is -3.84. The molecule has 0 amide bonds. The average molecular weight is 492 g/mol. The number of aryl methyl sites for hydroxylation is 1. The second kappa shape index (κ2) is 8.68. The predicted octanol–water partition coefficient (Wildman–Crippen LogP) is 3.88. The lowest BCUT2D eigenvalue weighted by atomic mass is 9.85. The van der Waals surface area contributed by atoms with Crippen LogP contribution in [0.4, 0.5) is 26.1 Å². The van der Waals surface area contributed by atoms with Gasteiger partial charge in [-0.2, -0.15) is 5.26 Å². The number of aromatic nitrogens is 3. The Morgan fingerprint density at radius 1 is 1.22 bits per heavy atom. The number of nitriles is 1. The standard InChI is InChI=1S/C26H27F2N7O/c1-16-8-21(23(36)35(12-16)7-6-34-14-26(27,28)15-34)33-24-30-5-4-20(32-24)17-9-18(11-29)22-19(10-17)25(2,3)13-31-22/h4-5,8-10,12,31H,6-7,13-15H2,1-3H3,(H,30,32,33). The molecule has 5 rings (SSSR count). The summed E-state index contributed by atoms with van der Waals surface area (Å²) < 4.78 is 27.7. The normalized spacial score (nSPS) is 17.6. The van der Waals surface area contributed by atoms with E-state index in [-0.39, 0.29) is 30.0 Å². The number of anilines is 3. The molecule has 0 atom stereocenters. The third-order valence-electron chi connectivity index (χ3n) is 6.68. The molecule has 0 unspecified atom stereocenters. The summed E-state index contributed by atoms with van der Waals surface area (Å²) in [5.74, 6) is -2.38. The second-order valence-electron chi connectivity index (χ2n) is 10.2. The summed E-state index contributed by atoms with van der Waals surface area (Å²) in [7, 11) is 0. The third-order valence-corrected chi connectivity index (χ3v) is 6.68. The summed E-state index contributed by atoms with van der Waals surface area (Å²) in [5.41, 5.74) is 4.65. The zero-order valence-corrected chi connectivity index (χ0v) is 20.4. The van der Waals surface area contributed by atoms with Crippen LogP contribution in [0.3, 0.4) is 0 Å². The number of fused-ring (bicyclic) bond motifs is 1. The Balaban J connectivity index is 1.40. The number of likely N-dealkylation sites (tertiary alicyclic amines) is 1. The van der Waals surface area contributed by atoms with E-state index in [1.54, 1.807) is 35.5 Å². The monoisotopic (exact) mass is 491 g/mol. The van der Waals surface area contributed by atoms with Crippen LogP contribution < -0.4 is 16.2 Å². The SMILES string of the molecule is Cc1cc(Nc2nccc(-c3cc(C#N)c4c(c3)C(C)(C)CN4)n2)c(=O)n(CCN2CC(F)(F)C2)c1. The molecule has 10 heteroatoms. The molecular weight excluding hydrogens is 464 g/mol. The van der Waals surface area contributed by atoms with E-state index >= 15 is 0 Å². The number of nitrogens with one attached hydrogen (secondary N) is 2.